The maximum atomic E-state index is 13.1. The quantitative estimate of drug-likeness (QED) is 0.654. The van der Waals surface area contributed by atoms with Gasteiger partial charge in [0.05, 0.1) is 25.0 Å². The lowest BCUT2D eigenvalue weighted by Gasteiger charge is -2.41. The number of ether oxygens (including phenoxy) is 1. The molecule has 0 spiro atoms. The molecule has 1 fully saturated rings. The first-order valence-electron chi connectivity index (χ1n) is 11.0. The summed E-state index contributed by atoms with van der Waals surface area (Å²) in [7, 11) is 1.59. The Bertz CT molecular complexity index is 1140. The van der Waals surface area contributed by atoms with Crippen molar-refractivity contribution >= 4 is 11.8 Å². The lowest BCUT2D eigenvalue weighted by molar-refractivity contribution is -0.156. The molecule has 33 heavy (non-hydrogen) atoms. The summed E-state index contributed by atoms with van der Waals surface area (Å²) in [5.74, 6) is -0.511. The summed E-state index contributed by atoms with van der Waals surface area (Å²) in [6.45, 7) is 4.66. The second-order valence-electron chi connectivity index (χ2n) is 8.43. The average Bonchev–Trinajstić information content (AvgIpc) is 2.84. The zero-order chi connectivity index (χ0) is 23.4. The number of nitrogens with zero attached hydrogens (tertiary/aromatic N) is 3. The van der Waals surface area contributed by atoms with Gasteiger partial charge in [0.25, 0.3) is 11.8 Å². The Morgan fingerprint density at radius 1 is 1.06 bits per heavy atom. The van der Waals surface area contributed by atoms with Crippen molar-refractivity contribution in [2.75, 3.05) is 26.7 Å². The van der Waals surface area contributed by atoms with Gasteiger partial charge in [-0.2, -0.15) is 0 Å². The lowest BCUT2D eigenvalue weighted by Crippen LogP contribution is -2.61. The molecule has 1 N–H and O–H groups in total. The van der Waals surface area contributed by atoms with Crippen LogP contribution < -0.4 is 5.32 Å². The van der Waals surface area contributed by atoms with E-state index in [0.29, 0.717) is 13.0 Å². The molecule has 2 amide bonds. The highest BCUT2D eigenvalue weighted by atomic mass is 16.5. The number of amides is 2. The second-order valence-corrected chi connectivity index (χ2v) is 8.43. The number of benzene rings is 2. The Balaban J connectivity index is 1.60. The van der Waals surface area contributed by atoms with Crippen molar-refractivity contribution in [2.24, 2.45) is 0 Å². The van der Waals surface area contributed by atoms with Crippen LogP contribution in [0.3, 0.4) is 0 Å². The fraction of sp³-hybridized carbons (Fsp3) is 0.308. The van der Waals surface area contributed by atoms with E-state index in [9.17, 15) is 9.59 Å². The normalized spacial score (nSPS) is 18.1. The molecule has 1 aromatic heterocycles. The van der Waals surface area contributed by atoms with E-state index >= 15 is 0 Å². The van der Waals surface area contributed by atoms with Crippen molar-refractivity contribution in [1.82, 2.24) is 20.2 Å². The minimum absolute atomic E-state index is 0.135. The van der Waals surface area contributed by atoms with Gasteiger partial charge < -0.3 is 15.0 Å². The van der Waals surface area contributed by atoms with E-state index in [4.69, 9.17) is 4.74 Å². The van der Waals surface area contributed by atoms with Gasteiger partial charge in [0.2, 0.25) is 0 Å². The third kappa shape index (κ3) is 4.93. The maximum absolute atomic E-state index is 13.1. The van der Waals surface area contributed by atoms with Crippen LogP contribution in [0.5, 0.6) is 0 Å². The third-order valence-electron chi connectivity index (χ3n) is 5.92. The van der Waals surface area contributed by atoms with E-state index in [-0.39, 0.29) is 30.7 Å². The van der Waals surface area contributed by atoms with Crippen molar-refractivity contribution in [1.29, 1.82) is 0 Å². The first kappa shape index (κ1) is 22.6. The molecule has 2 heterocycles. The highest BCUT2D eigenvalue weighted by molar-refractivity contribution is 5.93. The average molecular weight is 445 g/mol. The predicted octanol–water partition coefficient (Wildman–Crippen LogP) is 2.96. The fourth-order valence-corrected chi connectivity index (χ4v) is 4.11. The van der Waals surface area contributed by atoms with Crippen LogP contribution in [0.1, 0.15) is 27.3 Å². The van der Waals surface area contributed by atoms with E-state index in [2.05, 4.69) is 52.5 Å². The third-order valence-corrected chi connectivity index (χ3v) is 5.92. The van der Waals surface area contributed by atoms with Gasteiger partial charge >= 0.3 is 0 Å². The SMILES string of the molecule is CNC(=O)C1(Cc2cccc(-c3ccc(C)cc3)c2)CN(C(=O)c2cnc(C)cn2)CCO1. The summed E-state index contributed by atoms with van der Waals surface area (Å²) in [6, 6.07) is 16.4. The number of aryl methyl sites for hydroxylation is 2. The molecule has 4 rings (SSSR count). The summed E-state index contributed by atoms with van der Waals surface area (Å²) < 4.78 is 6.08. The van der Waals surface area contributed by atoms with Crippen molar-refractivity contribution in [3.63, 3.8) is 0 Å². The smallest absolute Gasteiger partial charge is 0.274 e. The number of nitrogens with one attached hydrogen (secondary N) is 1. The van der Waals surface area contributed by atoms with Gasteiger partial charge in [-0.1, -0.05) is 54.1 Å². The molecular formula is C26H28N4O3. The summed E-state index contributed by atoms with van der Waals surface area (Å²) >= 11 is 0. The molecule has 0 radical (unpaired) electrons. The minimum Gasteiger partial charge on any atom is -0.361 e. The zero-order valence-corrected chi connectivity index (χ0v) is 19.2. The summed E-state index contributed by atoms with van der Waals surface area (Å²) in [5, 5.41) is 2.73. The van der Waals surface area contributed by atoms with E-state index in [1.165, 1.54) is 11.8 Å². The molecule has 0 bridgehead atoms. The number of carbonyl (C=O) groups excluding carboxylic acids is 2. The van der Waals surface area contributed by atoms with E-state index in [1.807, 2.05) is 25.1 Å². The fourth-order valence-electron chi connectivity index (χ4n) is 4.11. The molecule has 1 saturated heterocycles. The van der Waals surface area contributed by atoms with E-state index in [1.54, 1.807) is 18.1 Å². The van der Waals surface area contributed by atoms with Crippen LogP contribution in [0, 0.1) is 13.8 Å². The van der Waals surface area contributed by atoms with Gasteiger partial charge in [-0.15, -0.1) is 0 Å². The monoisotopic (exact) mass is 444 g/mol. The molecule has 1 aliphatic rings. The molecule has 7 heteroatoms. The van der Waals surface area contributed by atoms with Gasteiger partial charge in [-0.25, -0.2) is 4.98 Å². The van der Waals surface area contributed by atoms with Crippen LogP contribution in [0.4, 0.5) is 0 Å². The molecule has 1 atom stereocenters. The topological polar surface area (TPSA) is 84.4 Å². The first-order valence-corrected chi connectivity index (χ1v) is 11.0. The Kier molecular flexibility index (Phi) is 6.51. The van der Waals surface area contributed by atoms with Crippen LogP contribution in [-0.2, 0) is 16.0 Å². The molecule has 1 aliphatic heterocycles. The molecule has 2 aromatic carbocycles. The number of rotatable bonds is 5. The molecule has 0 saturated carbocycles. The number of hydrogen-bond donors (Lipinski definition) is 1. The largest absolute Gasteiger partial charge is 0.361 e. The molecular weight excluding hydrogens is 416 g/mol. The van der Waals surface area contributed by atoms with Crippen LogP contribution >= 0.6 is 0 Å². The minimum atomic E-state index is -1.19. The standard InChI is InChI=1S/C26H28N4O3/c1-18-7-9-21(10-8-18)22-6-4-5-20(13-22)14-26(25(32)27-3)17-30(11-12-33-26)24(31)23-16-28-19(2)15-29-23/h4-10,13,15-16H,11-12,14,17H2,1-3H3,(H,27,32). The number of aromatic nitrogens is 2. The van der Waals surface area contributed by atoms with Gasteiger partial charge in [-0.3, -0.25) is 14.6 Å². The van der Waals surface area contributed by atoms with Crippen molar-refractivity contribution in [2.45, 2.75) is 25.9 Å². The second kappa shape index (κ2) is 9.50. The molecule has 170 valence electrons. The number of hydrogen-bond acceptors (Lipinski definition) is 5. The van der Waals surface area contributed by atoms with Crippen LogP contribution in [0.15, 0.2) is 60.9 Å². The van der Waals surface area contributed by atoms with Gasteiger partial charge in [0, 0.05) is 26.2 Å². The van der Waals surface area contributed by atoms with Gasteiger partial charge in [-0.05, 0) is 30.5 Å². The Labute approximate surface area is 193 Å². The predicted molar refractivity (Wildman–Crippen MR) is 126 cm³/mol. The summed E-state index contributed by atoms with van der Waals surface area (Å²) in [5.41, 5.74) is 4.14. The van der Waals surface area contributed by atoms with Crippen LogP contribution in [0.2, 0.25) is 0 Å². The summed E-state index contributed by atoms with van der Waals surface area (Å²) in [4.78, 5) is 36.1. The number of likely N-dealkylation sites (N-methyl/N-ethyl adjacent to an activating group) is 1. The highest BCUT2D eigenvalue weighted by Gasteiger charge is 2.45. The summed E-state index contributed by atoms with van der Waals surface area (Å²) in [6.07, 6.45) is 3.38. The molecule has 3 aromatic rings. The van der Waals surface area contributed by atoms with Gasteiger partial charge in [0.15, 0.2) is 5.60 Å². The van der Waals surface area contributed by atoms with Crippen molar-refractivity contribution < 1.29 is 14.3 Å². The highest BCUT2D eigenvalue weighted by Crippen LogP contribution is 2.28. The number of morpholine rings is 1. The first-order chi connectivity index (χ1) is 15.9. The van der Waals surface area contributed by atoms with E-state index < -0.39 is 5.60 Å². The zero-order valence-electron chi connectivity index (χ0n) is 19.2. The van der Waals surface area contributed by atoms with Crippen molar-refractivity contribution in [3.8, 4) is 11.1 Å². The Morgan fingerprint density at radius 3 is 2.55 bits per heavy atom. The van der Waals surface area contributed by atoms with Crippen LogP contribution in [0.25, 0.3) is 11.1 Å². The molecule has 7 nitrogen and oxygen atoms in total. The lowest BCUT2D eigenvalue weighted by atomic mass is 9.89. The van der Waals surface area contributed by atoms with Crippen LogP contribution in [-0.4, -0.2) is 59.0 Å². The van der Waals surface area contributed by atoms with E-state index in [0.717, 1.165) is 22.4 Å². The Hall–Kier alpha value is -3.58. The Morgan fingerprint density at radius 2 is 1.85 bits per heavy atom. The maximum Gasteiger partial charge on any atom is 0.274 e. The van der Waals surface area contributed by atoms with Crippen molar-refractivity contribution in [3.05, 3.63) is 83.4 Å². The number of carbonyl (C=O) groups is 2. The van der Waals surface area contributed by atoms with Gasteiger partial charge in [0.1, 0.15) is 5.69 Å². The molecule has 1 unspecified atom stereocenters. The molecule has 0 aliphatic carbocycles.